The number of piperidine rings is 2. The van der Waals surface area contributed by atoms with E-state index in [0.29, 0.717) is 30.4 Å². The maximum Gasteiger partial charge on any atom is 0.273 e. The number of carbonyl (C=O) groups is 1. The first kappa shape index (κ1) is 22.2. The molecule has 1 amide bonds. The molecule has 11 heteroatoms. The van der Waals surface area contributed by atoms with Crippen LogP contribution in [0.1, 0.15) is 42.6 Å². The highest BCUT2D eigenvalue weighted by Gasteiger charge is 2.30. The second-order valence-corrected chi connectivity index (χ2v) is 8.75. The zero-order valence-corrected chi connectivity index (χ0v) is 18.8. The molecule has 2 aromatic rings. The zero-order valence-electron chi connectivity index (χ0n) is 18.8. The summed E-state index contributed by atoms with van der Waals surface area (Å²) in [4.78, 5) is 20.4. The van der Waals surface area contributed by atoms with Gasteiger partial charge in [0.05, 0.1) is 5.69 Å². The van der Waals surface area contributed by atoms with Crippen LogP contribution in [0.15, 0.2) is 30.7 Å². The van der Waals surface area contributed by atoms with Crippen molar-refractivity contribution in [1.29, 1.82) is 0 Å². The standard InChI is InChI=1S/C23H28FN7O3/c24-17-14-16(4-5-18(17)30-10-6-15(7-11-30)22-33-12-13-34-22)26-21-19(20(25)32)28-29-23(27-21)31-8-2-1-3-9-31/h4-5,12-15,22H,1-3,6-11H2,(H2,25,32)(H,26,27,29). The van der Waals surface area contributed by atoms with E-state index in [0.717, 1.165) is 45.2 Å². The summed E-state index contributed by atoms with van der Waals surface area (Å²) >= 11 is 0. The second-order valence-electron chi connectivity index (χ2n) is 8.75. The monoisotopic (exact) mass is 469 g/mol. The van der Waals surface area contributed by atoms with Gasteiger partial charge in [-0.2, -0.15) is 4.98 Å². The minimum atomic E-state index is -0.752. The zero-order chi connectivity index (χ0) is 23.5. The average molecular weight is 470 g/mol. The molecule has 5 rings (SSSR count). The molecular formula is C23H28FN7O3. The lowest BCUT2D eigenvalue weighted by Crippen LogP contribution is -2.38. The van der Waals surface area contributed by atoms with Crippen molar-refractivity contribution in [1.82, 2.24) is 15.2 Å². The first-order chi connectivity index (χ1) is 16.6. The summed E-state index contributed by atoms with van der Waals surface area (Å²) in [5.74, 6) is -0.240. The van der Waals surface area contributed by atoms with Crippen LogP contribution in [0.2, 0.25) is 0 Å². The van der Waals surface area contributed by atoms with E-state index in [2.05, 4.69) is 20.5 Å². The fourth-order valence-electron chi connectivity index (χ4n) is 4.66. The third-order valence-corrected chi connectivity index (χ3v) is 6.50. The fraction of sp³-hybridized carbons (Fsp3) is 0.478. The maximum absolute atomic E-state index is 15.1. The van der Waals surface area contributed by atoms with Crippen LogP contribution in [0.4, 0.5) is 27.5 Å². The highest BCUT2D eigenvalue weighted by Crippen LogP contribution is 2.32. The number of ether oxygens (including phenoxy) is 2. The molecule has 0 radical (unpaired) electrons. The Kier molecular flexibility index (Phi) is 6.33. The Bertz CT molecular complexity index is 1060. The van der Waals surface area contributed by atoms with Gasteiger partial charge >= 0.3 is 0 Å². The van der Waals surface area contributed by atoms with Gasteiger partial charge in [-0.15, -0.1) is 10.2 Å². The molecule has 1 aromatic carbocycles. The number of benzene rings is 1. The highest BCUT2D eigenvalue weighted by molar-refractivity contribution is 5.96. The van der Waals surface area contributed by atoms with Crippen molar-refractivity contribution in [3.63, 3.8) is 0 Å². The van der Waals surface area contributed by atoms with Gasteiger partial charge < -0.3 is 30.3 Å². The van der Waals surface area contributed by atoms with Crippen LogP contribution in [0, 0.1) is 11.7 Å². The van der Waals surface area contributed by atoms with Gasteiger partial charge in [-0.05, 0) is 50.3 Å². The number of nitrogens with two attached hydrogens (primary N) is 1. The summed E-state index contributed by atoms with van der Waals surface area (Å²) in [7, 11) is 0. The summed E-state index contributed by atoms with van der Waals surface area (Å²) in [5.41, 5.74) is 6.36. The van der Waals surface area contributed by atoms with Crippen LogP contribution in [-0.4, -0.2) is 53.6 Å². The minimum absolute atomic E-state index is 0.0850. The Morgan fingerprint density at radius 1 is 1.03 bits per heavy atom. The molecule has 1 aromatic heterocycles. The molecule has 0 atom stereocenters. The van der Waals surface area contributed by atoms with Gasteiger partial charge in [0, 0.05) is 37.8 Å². The number of hydrogen-bond donors (Lipinski definition) is 2. The van der Waals surface area contributed by atoms with Crippen molar-refractivity contribution in [2.75, 3.05) is 41.3 Å². The quantitative estimate of drug-likeness (QED) is 0.658. The molecule has 0 unspecified atom stereocenters. The number of hydrogen-bond acceptors (Lipinski definition) is 9. The topological polar surface area (TPSA) is 119 Å². The number of carbonyl (C=O) groups excluding carboxylic acids is 1. The van der Waals surface area contributed by atoms with Crippen molar-refractivity contribution in [3.8, 4) is 0 Å². The summed E-state index contributed by atoms with van der Waals surface area (Å²) in [6, 6.07) is 4.87. The molecule has 0 bridgehead atoms. The van der Waals surface area contributed by atoms with E-state index in [1.165, 1.54) is 6.07 Å². The number of nitrogens with zero attached hydrogens (tertiary/aromatic N) is 5. The van der Waals surface area contributed by atoms with Gasteiger partial charge in [-0.1, -0.05) is 0 Å². The predicted molar refractivity (Wildman–Crippen MR) is 124 cm³/mol. The van der Waals surface area contributed by atoms with Crippen LogP contribution < -0.4 is 20.9 Å². The van der Waals surface area contributed by atoms with E-state index in [1.807, 2.05) is 9.80 Å². The SMILES string of the molecule is NC(=O)c1nnc(N2CCCCC2)nc1Nc1ccc(N2CCC(C3OC=CO3)CC2)c(F)c1. The molecule has 2 saturated heterocycles. The number of rotatable bonds is 6. The van der Waals surface area contributed by atoms with Gasteiger partial charge in [0.1, 0.15) is 18.3 Å². The molecule has 3 aliphatic rings. The van der Waals surface area contributed by atoms with Gasteiger partial charge in [-0.25, -0.2) is 4.39 Å². The van der Waals surface area contributed by atoms with Crippen molar-refractivity contribution in [2.24, 2.45) is 11.7 Å². The van der Waals surface area contributed by atoms with Crippen LogP contribution in [0.3, 0.4) is 0 Å². The summed E-state index contributed by atoms with van der Waals surface area (Å²) in [6.07, 6.45) is 7.84. The van der Waals surface area contributed by atoms with E-state index in [1.54, 1.807) is 24.7 Å². The lowest BCUT2D eigenvalue weighted by atomic mass is 9.95. The number of amides is 1. The minimum Gasteiger partial charge on any atom is -0.459 e. The van der Waals surface area contributed by atoms with Crippen molar-refractivity contribution >= 4 is 29.0 Å². The molecule has 3 N–H and O–H groups in total. The van der Waals surface area contributed by atoms with E-state index in [-0.39, 0.29) is 29.5 Å². The van der Waals surface area contributed by atoms with Crippen molar-refractivity contribution in [2.45, 2.75) is 38.4 Å². The fourth-order valence-corrected chi connectivity index (χ4v) is 4.66. The Morgan fingerprint density at radius 2 is 1.76 bits per heavy atom. The van der Waals surface area contributed by atoms with Gasteiger partial charge in [0.15, 0.2) is 11.5 Å². The van der Waals surface area contributed by atoms with Gasteiger partial charge in [-0.3, -0.25) is 4.79 Å². The smallest absolute Gasteiger partial charge is 0.273 e. The summed E-state index contributed by atoms with van der Waals surface area (Å²) < 4.78 is 26.0. The normalized spacial score (nSPS) is 19.1. The molecule has 0 aliphatic carbocycles. The van der Waals surface area contributed by atoms with Crippen LogP contribution in [0.5, 0.6) is 0 Å². The molecule has 3 aliphatic heterocycles. The van der Waals surface area contributed by atoms with Gasteiger partial charge in [0.25, 0.3) is 5.91 Å². The number of halogens is 1. The third-order valence-electron chi connectivity index (χ3n) is 6.50. The molecule has 0 saturated carbocycles. The average Bonchev–Trinajstić information content (AvgIpc) is 3.40. The summed E-state index contributed by atoms with van der Waals surface area (Å²) in [6.45, 7) is 3.07. The molecule has 4 heterocycles. The lowest BCUT2D eigenvalue weighted by molar-refractivity contribution is -0.0728. The number of nitrogens with one attached hydrogen (secondary N) is 1. The number of anilines is 4. The van der Waals surface area contributed by atoms with E-state index in [4.69, 9.17) is 15.2 Å². The Morgan fingerprint density at radius 3 is 2.44 bits per heavy atom. The second kappa shape index (κ2) is 9.70. The molecule has 180 valence electrons. The largest absolute Gasteiger partial charge is 0.459 e. The Hall–Kier alpha value is -3.63. The van der Waals surface area contributed by atoms with Crippen LogP contribution >= 0.6 is 0 Å². The molecule has 10 nitrogen and oxygen atoms in total. The van der Waals surface area contributed by atoms with Crippen LogP contribution in [0.25, 0.3) is 0 Å². The maximum atomic E-state index is 15.1. The first-order valence-electron chi connectivity index (χ1n) is 11.7. The van der Waals surface area contributed by atoms with Gasteiger partial charge in [0.2, 0.25) is 12.2 Å². The predicted octanol–water partition coefficient (Wildman–Crippen LogP) is 2.90. The lowest BCUT2D eigenvalue weighted by Gasteiger charge is -2.35. The van der Waals surface area contributed by atoms with Crippen molar-refractivity contribution < 1.29 is 18.7 Å². The van der Waals surface area contributed by atoms with E-state index >= 15 is 4.39 Å². The third kappa shape index (κ3) is 4.68. The summed E-state index contributed by atoms with van der Waals surface area (Å²) in [5, 5.41) is 11.1. The Balaban J connectivity index is 1.29. The molecule has 0 spiro atoms. The first-order valence-corrected chi connectivity index (χ1v) is 11.7. The van der Waals surface area contributed by atoms with Crippen LogP contribution in [-0.2, 0) is 9.47 Å². The van der Waals surface area contributed by atoms with Crippen molar-refractivity contribution in [3.05, 3.63) is 42.2 Å². The number of primary amides is 1. The molecule has 34 heavy (non-hydrogen) atoms. The van der Waals surface area contributed by atoms with E-state index < -0.39 is 5.91 Å². The molecule has 2 fully saturated rings. The highest BCUT2D eigenvalue weighted by atomic mass is 19.1. The number of aromatic nitrogens is 3. The molecular weight excluding hydrogens is 441 g/mol. The van der Waals surface area contributed by atoms with E-state index in [9.17, 15) is 4.79 Å². The Labute approximate surface area is 196 Å².